The first-order valence-electron chi connectivity index (χ1n) is 18.7. The maximum absolute atomic E-state index is 6.40. The molecule has 0 bridgehead atoms. The molecule has 0 unspecified atom stereocenters. The maximum Gasteiger partial charge on any atom is 0.164 e. The van der Waals surface area contributed by atoms with Gasteiger partial charge < -0.3 is 8.83 Å². The lowest BCUT2D eigenvalue weighted by atomic mass is 9.99. The molecule has 0 aliphatic rings. The number of nitrogens with zero attached hydrogens (tertiary/aromatic N) is 3. The number of benzene rings is 8. The van der Waals surface area contributed by atoms with Crippen LogP contribution in [0.3, 0.4) is 0 Å². The number of hydrogen-bond acceptors (Lipinski definition) is 5. The van der Waals surface area contributed by atoms with Crippen LogP contribution in [0.1, 0.15) is 0 Å². The summed E-state index contributed by atoms with van der Waals surface area (Å²) in [5, 5.41) is 4.17. The van der Waals surface area contributed by atoms with E-state index in [-0.39, 0.29) is 0 Å². The van der Waals surface area contributed by atoms with E-state index in [0.29, 0.717) is 17.5 Å². The van der Waals surface area contributed by atoms with Gasteiger partial charge in [-0.3, -0.25) is 0 Å². The maximum atomic E-state index is 6.40. The predicted octanol–water partition coefficient (Wildman–Crippen LogP) is 13.7. The van der Waals surface area contributed by atoms with Gasteiger partial charge in [0.1, 0.15) is 22.3 Å². The second-order valence-electron chi connectivity index (χ2n) is 14.0. The summed E-state index contributed by atoms with van der Waals surface area (Å²) in [6.45, 7) is 0. The third-order valence-corrected chi connectivity index (χ3v) is 10.5. The minimum Gasteiger partial charge on any atom is -0.456 e. The molecule has 0 atom stereocenters. The molecule has 0 saturated heterocycles. The van der Waals surface area contributed by atoms with Crippen LogP contribution < -0.4 is 0 Å². The monoisotopic (exact) mass is 717 g/mol. The van der Waals surface area contributed by atoms with E-state index < -0.39 is 0 Å². The first kappa shape index (κ1) is 31.9. The summed E-state index contributed by atoms with van der Waals surface area (Å²) in [6, 6.07) is 64.6. The molecule has 11 aromatic rings. The molecule has 0 N–H and O–H groups in total. The van der Waals surface area contributed by atoms with E-state index in [2.05, 4.69) is 127 Å². The third kappa shape index (κ3) is 5.53. The molecular weight excluding hydrogens is 687 g/mol. The summed E-state index contributed by atoms with van der Waals surface area (Å²) in [6.07, 6.45) is 0. The SMILES string of the molecule is c1ccc(-c2ccc3oc4cc(-c5cccc(-c6nc(-c7ccccc7)nc(-c7cccc8oc9ccc(-c%10ccccc%10)cc9c78)n6)c5)ccc4c3c2)cc1. The summed E-state index contributed by atoms with van der Waals surface area (Å²) in [4.78, 5) is 15.3. The smallest absolute Gasteiger partial charge is 0.164 e. The zero-order chi connectivity index (χ0) is 37.0. The van der Waals surface area contributed by atoms with Gasteiger partial charge in [-0.15, -0.1) is 0 Å². The highest BCUT2D eigenvalue weighted by Crippen LogP contribution is 2.39. The highest BCUT2D eigenvalue weighted by molar-refractivity contribution is 6.13. The molecule has 262 valence electrons. The van der Waals surface area contributed by atoms with Crippen molar-refractivity contribution in [3.8, 4) is 67.5 Å². The Balaban J connectivity index is 1.03. The topological polar surface area (TPSA) is 65.0 Å². The number of rotatable bonds is 6. The lowest BCUT2D eigenvalue weighted by Gasteiger charge is -2.10. The van der Waals surface area contributed by atoms with Crippen molar-refractivity contribution in [2.24, 2.45) is 0 Å². The quantitative estimate of drug-likeness (QED) is 0.171. The zero-order valence-electron chi connectivity index (χ0n) is 30.1. The van der Waals surface area contributed by atoms with Crippen molar-refractivity contribution in [1.29, 1.82) is 0 Å². The molecule has 11 rings (SSSR count). The summed E-state index contributed by atoms with van der Waals surface area (Å²) >= 11 is 0. The summed E-state index contributed by atoms with van der Waals surface area (Å²) in [5.41, 5.74) is 12.7. The molecule has 3 heterocycles. The van der Waals surface area contributed by atoms with Gasteiger partial charge in [0.2, 0.25) is 0 Å². The van der Waals surface area contributed by atoms with Gasteiger partial charge in [0.15, 0.2) is 17.5 Å². The fourth-order valence-corrected chi connectivity index (χ4v) is 7.77. The van der Waals surface area contributed by atoms with E-state index in [4.69, 9.17) is 23.8 Å². The van der Waals surface area contributed by atoms with Crippen LogP contribution in [-0.4, -0.2) is 15.0 Å². The Morgan fingerprint density at radius 2 is 0.768 bits per heavy atom. The molecule has 0 aliphatic carbocycles. The molecule has 8 aromatic carbocycles. The van der Waals surface area contributed by atoms with Crippen LogP contribution in [0, 0.1) is 0 Å². The van der Waals surface area contributed by atoms with Crippen molar-refractivity contribution in [1.82, 2.24) is 15.0 Å². The summed E-state index contributed by atoms with van der Waals surface area (Å²) in [5.74, 6) is 1.77. The molecule has 56 heavy (non-hydrogen) atoms. The van der Waals surface area contributed by atoms with Crippen molar-refractivity contribution in [3.63, 3.8) is 0 Å². The Morgan fingerprint density at radius 3 is 1.48 bits per heavy atom. The number of fused-ring (bicyclic) bond motifs is 6. The molecule has 0 fully saturated rings. The molecule has 0 saturated carbocycles. The van der Waals surface area contributed by atoms with Gasteiger partial charge in [-0.25, -0.2) is 15.0 Å². The normalized spacial score (nSPS) is 11.6. The predicted molar refractivity (Wildman–Crippen MR) is 227 cm³/mol. The van der Waals surface area contributed by atoms with Crippen molar-refractivity contribution < 1.29 is 8.83 Å². The average Bonchev–Trinajstić information content (AvgIpc) is 3.84. The van der Waals surface area contributed by atoms with E-state index in [9.17, 15) is 0 Å². The summed E-state index contributed by atoms with van der Waals surface area (Å²) < 4.78 is 12.8. The van der Waals surface area contributed by atoms with Crippen LogP contribution in [0.2, 0.25) is 0 Å². The number of furan rings is 2. The first-order chi connectivity index (χ1) is 27.7. The van der Waals surface area contributed by atoms with Gasteiger partial charge in [-0.05, 0) is 81.9 Å². The highest BCUT2D eigenvalue weighted by Gasteiger charge is 2.19. The van der Waals surface area contributed by atoms with Crippen molar-refractivity contribution >= 4 is 43.9 Å². The van der Waals surface area contributed by atoms with E-state index in [1.807, 2.05) is 60.7 Å². The van der Waals surface area contributed by atoms with Crippen LogP contribution >= 0.6 is 0 Å². The van der Waals surface area contributed by atoms with Crippen LogP contribution in [0.25, 0.3) is 111 Å². The molecular formula is C51H31N3O2. The van der Waals surface area contributed by atoms with Gasteiger partial charge in [-0.2, -0.15) is 0 Å². The zero-order valence-corrected chi connectivity index (χ0v) is 30.1. The lowest BCUT2D eigenvalue weighted by molar-refractivity contribution is 0.668. The molecule has 0 aliphatic heterocycles. The van der Waals surface area contributed by atoms with Crippen LogP contribution in [0.5, 0.6) is 0 Å². The second-order valence-corrected chi connectivity index (χ2v) is 14.0. The lowest BCUT2D eigenvalue weighted by Crippen LogP contribution is -2.00. The molecule has 5 nitrogen and oxygen atoms in total. The molecule has 0 spiro atoms. The minimum atomic E-state index is 0.580. The second kappa shape index (κ2) is 13.0. The standard InChI is InChI=1S/C51H31N3O2/c1-4-12-32(13-5-1)36-23-26-44-42(29-36)40-25-22-38(31-47(40)56-44)35-18-10-19-39(28-35)50-52-49(34-16-8-3-9-17-34)53-51(54-50)41-20-11-21-46-48(41)43-30-37(24-27-45(43)55-46)33-14-6-2-7-15-33/h1-31H. The fourth-order valence-electron chi connectivity index (χ4n) is 7.77. The van der Waals surface area contributed by atoms with Crippen molar-refractivity contribution in [2.75, 3.05) is 0 Å². The Bertz CT molecular complexity index is 3240. The molecule has 0 radical (unpaired) electrons. The molecule has 5 heteroatoms. The highest BCUT2D eigenvalue weighted by atomic mass is 16.3. The average molecular weight is 718 g/mol. The first-order valence-corrected chi connectivity index (χ1v) is 18.7. The minimum absolute atomic E-state index is 0.580. The van der Waals surface area contributed by atoms with Gasteiger partial charge in [0.05, 0.1) is 0 Å². The van der Waals surface area contributed by atoms with Crippen molar-refractivity contribution in [2.45, 2.75) is 0 Å². The largest absolute Gasteiger partial charge is 0.456 e. The Hall–Kier alpha value is -7.63. The van der Waals surface area contributed by atoms with Gasteiger partial charge in [-0.1, -0.05) is 140 Å². The van der Waals surface area contributed by atoms with Crippen LogP contribution in [0.15, 0.2) is 197 Å². The van der Waals surface area contributed by atoms with Crippen LogP contribution in [-0.2, 0) is 0 Å². The Kier molecular flexibility index (Phi) is 7.42. The Morgan fingerprint density at radius 1 is 0.268 bits per heavy atom. The molecule has 0 amide bonds. The number of aromatic nitrogens is 3. The third-order valence-electron chi connectivity index (χ3n) is 10.5. The number of hydrogen-bond donors (Lipinski definition) is 0. The summed E-state index contributed by atoms with van der Waals surface area (Å²) in [7, 11) is 0. The van der Waals surface area contributed by atoms with E-state index in [0.717, 1.165) is 82.8 Å². The van der Waals surface area contributed by atoms with Gasteiger partial charge >= 0.3 is 0 Å². The fraction of sp³-hybridized carbons (Fsp3) is 0. The Labute approximate surface area is 322 Å². The van der Waals surface area contributed by atoms with E-state index in [1.165, 1.54) is 11.1 Å². The molecule has 3 aromatic heterocycles. The van der Waals surface area contributed by atoms with Crippen molar-refractivity contribution in [3.05, 3.63) is 188 Å². The van der Waals surface area contributed by atoms with E-state index >= 15 is 0 Å². The van der Waals surface area contributed by atoms with E-state index in [1.54, 1.807) is 0 Å². The van der Waals surface area contributed by atoms with Gasteiger partial charge in [0.25, 0.3) is 0 Å². The van der Waals surface area contributed by atoms with Crippen LogP contribution in [0.4, 0.5) is 0 Å². The van der Waals surface area contributed by atoms with Gasteiger partial charge in [0, 0.05) is 38.2 Å².